The summed E-state index contributed by atoms with van der Waals surface area (Å²) in [5.74, 6) is 2.00. The Hall–Kier alpha value is 0.137. The fourth-order valence-corrected chi connectivity index (χ4v) is 9.50. The van der Waals surface area contributed by atoms with E-state index in [0.29, 0.717) is 17.4 Å². The molecule has 114 valence electrons. The van der Waals surface area contributed by atoms with E-state index < -0.39 is 8.56 Å². The van der Waals surface area contributed by atoms with Crippen molar-refractivity contribution in [3.63, 3.8) is 0 Å². The molecule has 3 unspecified atom stereocenters. The molecule has 0 aromatic carbocycles. The molecular weight excluding hydrogens is 252 g/mol. The Morgan fingerprint density at radius 2 is 1.58 bits per heavy atom. The zero-order valence-electron chi connectivity index (χ0n) is 14.2. The average Bonchev–Trinajstić information content (AvgIpc) is 2.77. The van der Waals surface area contributed by atoms with Crippen LogP contribution in [-0.4, -0.2) is 22.8 Å². The zero-order valence-corrected chi connectivity index (χ0v) is 15.2. The van der Waals surface area contributed by atoms with Crippen molar-refractivity contribution in [3.05, 3.63) is 0 Å². The van der Waals surface area contributed by atoms with E-state index in [2.05, 4.69) is 41.5 Å². The van der Waals surface area contributed by atoms with E-state index in [4.69, 9.17) is 8.85 Å². The van der Waals surface area contributed by atoms with Gasteiger partial charge in [-0.3, -0.25) is 0 Å². The maximum atomic E-state index is 6.19. The standard InChI is InChI=1S/C16H34O2Si/c1-12(2)14(4)16(5,6)19(17-7,18-8)15-11-9-10-13(15)3/h12-15H,9-11H2,1-8H3. The second-order valence-electron chi connectivity index (χ2n) is 7.34. The zero-order chi connectivity index (χ0) is 14.8. The lowest BCUT2D eigenvalue weighted by atomic mass is 9.86. The van der Waals surface area contributed by atoms with E-state index in [9.17, 15) is 0 Å². The van der Waals surface area contributed by atoms with E-state index in [1.54, 1.807) is 0 Å². The van der Waals surface area contributed by atoms with Gasteiger partial charge in [0.2, 0.25) is 0 Å². The summed E-state index contributed by atoms with van der Waals surface area (Å²) in [5.41, 5.74) is 0.638. The van der Waals surface area contributed by atoms with Crippen LogP contribution in [0.4, 0.5) is 0 Å². The Bertz CT molecular complexity index is 284. The summed E-state index contributed by atoms with van der Waals surface area (Å²) in [6.45, 7) is 14.1. The van der Waals surface area contributed by atoms with Crippen LogP contribution in [0, 0.1) is 17.8 Å². The molecule has 1 fully saturated rings. The molecule has 0 amide bonds. The first-order chi connectivity index (χ1) is 8.74. The van der Waals surface area contributed by atoms with Gasteiger partial charge in [0.15, 0.2) is 0 Å². The van der Waals surface area contributed by atoms with E-state index in [0.717, 1.165) is 5.92 Å². The quantitative estimate of drug-likeness (QED) is 0.641. The lowest BCUT2D eigenvalue weighted by molar-refractivity contribution is 0.155. The molecule has 1 aliphatic rings. The molecule has 0 bridgehead atoms. The van der Waals surface area contributed by atoms with Crippen LogP contribution in [0.1, 0.15) is 60.8 Å². The predicted molar refractivity (Wildman–Crippen MR) is 84.6 cm³/mol. The van der Waals surface area contributed by atoms with Gasteiger partial charge in [-0.25, -0.2) is 0 Å². The molecule has 0 radical (unpaired) electrons. The van der Waals surface area contributed by atoms with Crippen molar-refractivity contribution in [2.75, 3.05) is 14.2 Å². The SMILES string of the molecule is CO[Si](OC)(C1CCCC1C)C(C)(C)C(C)C(C)C. The molecule has 0 spiro atoms. The maximum Gasteiger partial charge on any atom is 0.347 e. The fraction of sp³-hybridized carbons (Fsp3) is 1.00. The van der Waals surface area contributed by atoms with Crippen LogP contribution in [-0.2, 0) is 8.85 Å². The molecular formula is C16H34O2Si. The monoisotopic (exact) mass is 286 g/mol. The highest BCUT2D eigenvalue weighted by molar-refractivity contribution is 6.72. The molecule has 3 atom stereocenters. The molecule has 1 saturated carbocycles. The highest BCUT2D eigenvalue weighted by Crippen LogP contribution is 2.57. The first-order valence-corrected chi connectivity index (χ1v) is 9.74. The normalized spacial score (nSPS) is 27.0. The lowest BCUT2D eigenvalue weighted by Gasteiger charge is -2.50. The Labute approximate surface area is 121 Å². The third-order valence-electron chi connectivity index (χ3n) is 5.99. The van der Waals surface area contributed by atoms with Crippen LogP contribution in [0.15, 0.2) is 0 Å². The average molecular weight is 287 g/mol. The van der Waals surface area contributed by atoms with Crippen molar-refractivity contribution >= 4 is 8.56 Å². The lowest BCUT2D eigenvalue weighted by Crippen LogP contribution is -2.57. The van der Waals surface area contributed by atoms with Gasteiger partial charge in [-0.1, -0.05) is 54.4 Å². The highest BCUT2D eigenvalue weighted by Gasteiger charge is 2.60. The third-order valence-corrected chi connectivity index (χ3v) is 11.3. The summed E-state index contributed by atoms with van der Waals surface area (Å²) in [6.07, 6.45) is 3.95. The molecule has 0 saturated heterocycles. The maximum absolute atomic E-state index is 6.19. The summed E-state index contributed by atoms with van der Waals surface area (Å²) in [7, 11) is 1.54. The summed E-state index contributed by atoms with van der Waals surface area (Å²) in [5, 5.41) is 0.133. The van der Waals surface area contributed by atoms with E-state index in [1.165, 1.54) is 19.3 Å². The Balaban J connectivity index is 3.17. The first kappa shape index (κ1) is 17.2. The molecule has 2 nitrogen and oxygen atoms in total. The minimum absolute atomic E-state index is 0.133. The summed E-state index contributed by atoms with van der Waals surface area (Å²) < 4.78 is 12.4. The molecule has 0 aromatic rings. The van der Waals surface area contributed by atoms with Crippen molar-refractivity contribution in [3.8, 4) is 0 Å². The second kappa shape index (κ2) is 6.27. The van der Waals surface area contributed by atoms with Gasteiger partial charge in [-0.15, -0.1) is 0 Å². The van der Waals surface area contributed by atoms with Crippen LogP contribution in [0.3, 0.4) is 0 Å². The van der Waals surface area contributed by atoms with Crippen LogP contribution in [0.5, 0.6) is 0 Å². The number of hydrogen-bond acceptors (Lipinski definition) is 2. The molecule has 19 heavy (non-hydrogen) atoms. The fourth-order valence-electron chi connectivity index (χ4n) is 4.25. The van der Waals surface area contributed by atoms with Gasteiger partial charge in [0.25, 0.3) is 0 Å². The van der Waals surface area contributed by atoms with E-state index in [1.807, 2.05) is 14.2 Å². The molecule has 3 heteroatoms. The minimum Gasteiger partial charge on any atom is -0.397 e. The van der Waals surface area contributed by atoms with Crippen molar-refractivity contribution in [1.82, 2.24) is 0 Å². The summed E-state index contributed by atoms with van der Waals surface area (Å²) in [4.78, 5) is 0. The topological polar surface area (TPSA) is 18.5 Å². The van der Waals surface area contributed by atoms with Crippen LogP contribution in [0.25, 0.3) is 0 Å². The molecule has 1 rings (SSSR count). The van der Waals surface area contributed by atoms with E-state index >= 15 is 0 Å². The molecule has 0 aromatic heterocycles. The van der Waals surface area contributed by atoms with E-state index in [-0.39, 0.29) is 5.04 Å². The summed E-state index contributed by atoms with van der Waals surface area (Å²) >= 11 is 0. The van der Waals surface area contributed by atoms with Crippen LogP contribution < -0.4 is 0 Å². The number of hydrogen-bond donors (Lipinski definition) is 0. The van der Waals surface area contributed by atoms with Gasteiger partial charge in [0, 0.05) is 24.8 Å². The number of rotatable bonds is 6. The largest absolute Gasteiger partial charge is 0.397 e. The molecule has 1 aliphatic carbocycles. The highest BCUT2D eigenvalue weighted by atomic mass is 28.4. The Kier molecular flexibility index (Phi) is 5.68. The van der Waals surface area contributed by atoms with Gasteiger partial charge in [-0.2, -0.15) is 0 Å². The van der Waals surface area contributed by atoms with Crippen LogP contribution >= 0.6 is 0 Å². The summed E-state index contributed by atoms with van der Waals surface area (Å²) in [6, 6.07) is 0. The van der Waals surface area contributed by atoms with Gasteiger partial charge < -0.3 is 8.85 Å². The van der Waals surface area contributed by atoms with Gasteiger partial charge in [0.05, 0.1) is 0 Å². The van der Waals surface area contributed by atoms with Gasteiger partial charge in [-0.05, 0) is 24.2 Å². The Morgan fingerprint density at radius 3 is 1.89 bits per heavy atom. The van der Waals surface area contributed by atoms with Crippen molar-refractivity contribution < 1.29 is 8.85 Å². The van der Waals surface area contributed by atoms with Crippen LogP contribution in [0.2, 0.25) is 10.6 Å². The molecule has 0 aliphatic heterocycles. The van der Waals surface area contributed by atoms with Crippen molar-refractivity contribution in [1.29, 1.82) is 0 Å². The Morgan fingerprint density at radius 1 is 1.05 bits per heavy atom. The molecule has 0 N–H and O–H groups in total. The minimum atomic E-state index is -2.23. The molecule has 0 heterocycles. The van der Waals surface area contributed by atoms with Gasteiger partial charge >= 0.3 is 8.56 Å². The van der Waals surface area contributed by atoms with Crippen molar-refractivity contribution in [2.24, 2.45) is 17.8 Å². The second-order valence-corrected chi connectivity index (χ2v) is 11.5. The smallest absolute Gasteiger partial charge is 0.347 e. The van der Waals surface area contributed by atoms with Gasteiger partial charge in [0.1, 0.15) is 0 Å². The third kappa shape index (κ3) is 2.79. The van der Waals surface area contributed by atoms with Crippen molar-refractivity contribution in [2.45, 2.75) is 71.4 Å². The predicted octanol–water partition coefficient (Wildman–Crippen LogP) is 4.98. The first-order valence-electron chi connectivity index (χ1n) is 7.84.